The highest BCUT2D eigenvalue weighted by molar-refractivity contribution is 7.24. The van der Waals surface area contributed by atoms with E-state index in [2.05, 4.69) is 15.8 Å². The molecule has 1 N–H and O–H groups in total. The number of hydrogen-bond donors (Lipinski definition) is 1. The van der Waals surface area contributed by atoms with Crippen LogP contribution in [0.25, 0.3) is 0 Å². The average molecular weight is 178 g/mol. The normalized spacial score (nSPS) is 10.4. The van der Waals surface area contributed by atoms with Crippen molar-refractivity contribution in [3.05, 3.63) is 12.2 Å². The first-order chi connectivity index (χ1) is 5.18. The van der Waals surface area contributed by atoms with Crippen LogP contribution in [0, 0.1) is 0 Å². The van der Waals surface area contributed by atoms with Crippen molar-refractivity contribution in [3.63, 3.8) is 0 Å². The van der Waals surface area contributed by atoms with Crippen molar-refractivity contribution in [3.8, 4) is 0 Å². The monoisotopic (exact) mass is 178 g/mol. The van der Waals surface area contributed by atoms with E-state index in [0.29, 0.717) is 5.57 Å². The van der Waals surface area contributed by atoms with Gasteiger partial charge in [-0.2, -0.15) is 0 Å². The second-order valence-corrected chi connectivity index (χ2v) is 2.33. The van der Waals surface area contributed by atoms with Gasteiger partial charge in [0.2, 0.25) is 0 Å². The summed E-state index contributed by atoms with van der Waals surface area (Å²) in [6.45, 7) is 5.33. The third-order valence-electron chi connectivity index (χ3n) is 0.832. The molecule has 0 heterocycles. The van der Waals surface area contributed by atoms with E-state index in [1.54, 1.807) is 6.92 Å². The third kappa shape index (κ3) is 5.98. The van der Waals surface area contributed by atoms with Gasteiger partial charge in [-0.25, -0.2) is 4.79 Å². The summed E-state index contributed by atoms with van der Waals surface area (Å²) >= 11 is 0. The van der Waals surface area contributed by atoms with E-state index in [9.17, 15) is 4.79 Å². The molecule has 64 valence electrons. The van der Waals surface area contributed by atoms with E-state index in [4.69, 9.17) is 4.89 Å². The molecule has 0 fully saturated rings. The Morgan fingerprint density at radius 1 is 1.64 bits per heavy atom. The number of rotatable bonds is 5. The molecule has 4 nitrogen and oxygen atoms in total. The number of ether oxygens (including phenoxy) is 1. The summed E-state index contributed by atoms with van der Waals surface area (Å²) in [6, 6.07) is 0. The molecule has 5 heteroatoms. The molecule has 0 saturated carbocycles. The Morgan fingerprint density at radius 3 is 2.73 bits per heavy atom. The van der Waals surface area contributed by atoms with Crippen molar-refractivity contribution in [2.75, 3.05) is 13.2 Å². The first-order valence-corrected chi connectivity index (χ1v) is 3.87. The quantitative estimate of drug-likeness (QED) is 0.290. The van der Waals surface area contributed by atoms with Crippen LogP contribution in [-0.2, 0) is 14.1 Å². The van der Waals surface area contributed by atoms with E-state index in [-0.39, 0.29) is 13.2 Å². The smallest absolute Gasteiger partial charge is 0.333 e. The van der Waals surface area contributed by atoms with Gasteiger partial charge in [0.15, 0.2) is 9.03 Å². The van der Waals surface area contributed by atoms with Gasteiger partial charge in [-0.3, -0.25) is 0 Å². The molecule has 1 atom stereocenters. The summed E-state index contributed by atoms with van der Waals surface area (Å²) < 4.78 is 9.18. The van der Waals surface area contributed by atoms with Gasteiger partial charge in [0.1, 0.15) is 6.61 Å². The van der Waals surface area contributed by atoms with E-state index >= 15 is 0 Å². The third-order valence-corrected chi connectivity index (χ3v) is 1.16. The van der Waals surface area contributed by atoms with Crippen molar-refractivity contribution in [2.45, 2.75) is 6.92 Å². The summed E-state index contributed by atoms with van der Waals surface area (Å²) in [7, 11) is -0.558. The van der Waals surface area contributed by atoms with E-state index in [1.807, 2.05) is 0 Å². The lowest BCUT2D eigenvalue weighted by atomic mass is 10.4. The topological polar surface area (TPSA) is 55.8 Å². The number of carbonyl (C=O) groups is 1. The molecule has 0 spiro atoms. The molecule has 0 aromatic rings. The van der Waals surface area contributed by atoms with Crippen LogP contribution in [0.4, 0.5) is 0 Å². The second-order valence-electron chi connectivity index (χ2n) is 1.86. The van der Waals surface area contributed by atoms with Crippen LogP contribution in [0.2, 0.25) is 0 Å². The van der Waals surface area contributed by atoms with Gasteiger partial charge in [-0.15, -0.1) is 0 Å². The van der Waals surface area contributed by atoms with Crippen LogP contribution in [-0.4, -0.2) is 24.1 Å². The van der Waals surface area contributed by atoms with Gasteiger partial charge >= 0.3 is 5.97 Å². The molecule has 11 heavy (non-hydrogen) atoms. The minimum atomic E-state index is -0.558. The lowest BCUT2D eigenvalue weighted by Gasteiger charge is -2.02. The molecule has 1 unspecified atom stereocenters. The predicted molar refractivity (Wildman–Crippen MR) is 42.3 cm³/mol. The van der Waals surface area contributed by atoms with E-state index in [0.717, 1.165) is 0 Å². The minimum Gasteiger partial charge on any atom is -0.460 e. The first kappa shape index (κ1) is 10.6. The van der Waals surface area contributed by atoms with Crippen molar-refractivity contribution in [1.82, 2.24) is 0 Å². The lowest BCUT2D eigenvalue weighted by molar-refractivity contribution is -0.139. The standard InChI is InChI=1S/C6H11O4P/c1-5(2)6(7)9-3-4-10-11-8/h8,11H,1,3-4H2,2H3. The summed E-state index contributed by atoms with van der Waals surface area (Å²) in [5, 5.41) is 0. The lowest BCUT2D eigenvalue weighted by Crippen LogP contribution is -2.08. The number of carbonyl (C=O) groups excluding carboxylic acids is 1. The molecule has 0 aliphatic heterocycles. The highest BCUT2D eigenvalue weighted by Crippen LogP contribution is 2.01. The fourth-order valence-corrected chi connectivity index (χ4v) is 0.519. The Hall–Kier alpha value is -0.440. The Labute approximate surface area is 67.1 Å². The number of hydrogen-bond acceptors (Lipinski definition) is 4. The molecule has 0 aromatic heterocycles. The van der Waals surface area contributed by atoms with Crippen molar-refractivity contribution < 1.29 is 18.9 Å². The van der Waals surface area contributed by atoms with Crippen LogP contribution in [0.1, 0.15) is 6.92 Å². The van der Waals surface area contributed by atoms with Crippen LogP contribution in [0.5, 0.6) is 0 Å². The van der Waals surface area contributed by atoms with Gasteiger partial charge in [0, 0.05) is 5.57 Å². The Morgan fingerprint density at radius 2 is 2.27 bits per heavy atom. The van der Waals surface area contributed by atoms with Gasteiger partial charge in [0.05, 0.1) is 6.61 Å². The molecule has 0 aromatic carbocycles. The number of esters is 1. The van der Waals surface area contributed by atoms with Crippen LogP contribution in [0.3, 0.4) is 0 Å². The van der Waals surface area contributed by atoms with Gasteiger partial charge in [0.25, 0.3) is 0 Å². The Kier molecular flexibility index (Phi) is 6.03. The van der Waals surface area contributed by atoms with Crippen molar-refractivity contribution in [1.29, 1.82) is 0 Å². The van der Waals surface area contributed by atoms with Crippen LogP contribution >= 0.6 is 9.03 Å². The molecule has 0 rings (SSSR count). The SMILES string of the molecule is C=C(C)C(=O)OCCOPO. The first-order valence-electron chi connectivity index (χ1n) is 3.02. The molecule has 0 bridgehead atoms. The van der Waals surface area contributed by atoms with Gasteiger partial charge in [-0.05, 0) is 6.92 Å². The molecule has 0 radical (unpaired) electrons. The average Bonchev–Trinajstić information content (AvgIpc) is 1.97. The molecule has 0 saturated heterocycles. The molecular weight excluding hydrogens is 167 g/mol. The Bertz CT molecular complexity index is 146. The maximum absolute atomic E-state index is 10.7. The molecule has 0 amide bonds. The fourth-order valence-electron chi connectivity index (χ4n) is 0.345. The maximum atomic E-state index is 10.7. The van der Waals surface area contributed by atoms with Crippen molar-refractivity contribution >= 4 is 15.0 Å². The largest absolute Gasteiger partial charge is 0.460 e. The molecular formula is C6H11O4P. The molecule has 0 aliphatic carbocycles. The van der Waals surface area contributed by atoms with Crippen LogP contribution in [0.15, 0.2) is 12.2 Å². The van der Waals surface area contributed by atoms with E-state index in [1.165, 1.54) is 0 Å². The van der Waals surface area contributed by atoms with Crippen molar-refractivity contribution in [2.24, 2.45) is 0 Å². The zero-order valence-electron chi connectivity index (χ0n) is 6.29. The second kappa shape index (κ2) is 6.28. The predicted octanol–water partition coefficient (Wildman–Crippen LogP) is 0.623. The maximum Gasteiger partial charge on any atom is 0.333 e. The minimum absolute atomic E-state index is 0.152. The summed E-state index contributed by atoms with van der Waals surface area (Å²) in [5.41, 5.74) is 0.358. The summed E-state index contributed by atoms with van der Waals surface area (Å²) in [5.74, 6) is -0.435. The zero-order valence-corrected chi connectivity index (χ0v) is 7.29. The summed E-state index contributed by atoms with van der Waals surface area (Å²) in [6.07, 6.45) is 0. The summed E-state index contributed by atoms with van der Waals surface area (Å²) in [4.78, 5) is 18.9. The van der Waals surface area contributed by atoms with E-state index < -0.39 is 15.0 Å². The zero-order chi connectivity index (χ0) is 8.69. The fraction of sp³-hybridized carbons (Fsp3) is 0.500. The molecule has 0 aliphatic rings. The van der Waals surface area contributed by atoms with Gasteiger partial charge in [-0.1, -0.05) is 6.58 Å². The highest BCUT2D eigenvalue weighted by Gasteiger charge is 2.01. The highest BCUT2D eigenvalue weighted by atomic mass is 31.1. The Balaban J connectivity index is 3.25. The van der Waals surface area contributed by atoms with Crippen LogP contribution < -0.4 is 0 Å². The van der Waals surface area contributed by atoms with Gasteiger partial charge < -0.3 is 14.2 Å².